The Labute approximate surface area is 173 Å². The summed E-state index contributed by atoms with van der Waals surface area (Å²) in [6.07, 6.45) is 3.04. The van der Waals surface area contributed by atoms with Crippen LogP contribution in [0.4, 0.5) is 5.00 Å². The number of rotatable bonds is 9. The van der Waals surface area contributed by atoms with E-state index in [-0.39, 0.29) is 17.6 Å². The summed E-state index contributed by atoms with van der Waals surface area (Å²) < 4.78 is 7.27. The van der Waals surface area contributed by atoms with Crippen LogP contribution in [0.1, 0.15) is 66.2 Å². The average Bonchev–Trinajstić information content (AvgIpc) is 3.35. The predicted octanol–water partition coefficient (Wildman–Crippen LogP) is 4.02. The summed E-state index contributed by atoms with van der Waals surface area (Å²) in [4.78, 5) is 25.9. The van der Waals surface area contributed by atoms with Crippen LogP contribution in [0.5, 0.6) is 0 Å². The standard InChI is InChI=1S/C19H26N4O3S2/c1-5-13-11(4)28-17(15(13)18(25)26-7-3)20-14(24)10-27-19-22-21-16(12-8-9-12)23(19)6-2/h12H,5-10H2,1-4H3,(H,20,24). The number of thioether (sulfide) groups is 1. The van der Waals surface area contributed by atoms with E-state index in [1.54, 1.807) is 6.92 Å². The number of anilines is 1. The molecule has 2 heterocycles. The zero-order valence-electron chi connectivity index (χ0n) is 16.7. The van der Waals surface area contributed by atoms with E-state index >= 15 is 0 Å². The maximum atomic E-state index is 12.5. The lowest BCUT2D eigenvalue weighted by Crippen LogP contribution is -2.17. The minimum atomic E-state index is -0.383. The van der Waals surface area contributed by atoms with E-state index in [0.717, 1.165) is 40.8 Å². The number of hydrogen-bond donors (Lipinski definition) is 1. The molecule has 0 spiro atoms. The summed E-state index contributed by atoms with van der Waals surface area (Å²) in [6.45, 7) is 8.88. The van der Waals surface area contributed by atoms with Crippen LogP contribution < -0.4 is 5.32 Å². The first kappa shape index (κ1) is 20.9. The van der Waals surface area contributed by atoms with Crippen molar-refractivity contribution < 1.29 is 14.3 Å². The molecule has 1 amide bonds. The molecule has 7 nitrogen and oxygen atoms in total. The van der Waals surface area contributed by atoms with Gasteiger partial charge in [-0.1, -0.05) is 18.7 Å². The Bertz CT molecular complexity index is 871. The lowest BCUT2D eigenvalue weighted by Gasteiger charge is -2.08. The minimum absolute atomic E-state index is 0.168. The van der Waals surface area contributed by atoms with Crippen molar-refractivity contribution in [3.8, 4) is 0 Å². The lowest BCUT2D eigenvalue weighted by atomic mass is 10.1. The third-order valence-corrected chi connectivity index (χ3v) is 6.66. The number of carbonyl (C=O) groups excluding carboxylic acids is 2. The number of thiophene rings is 1. The Kier molecular flexibility index (Phi) is 6.77. The molecule has 0 aromatic carbocycles. The Morgan fingerprint density at radius 2 is 2.04 bits per heavy atom. The van der Waals surface area contributed by atoms with Gasteiger partial charge in [-0.15, -0.1) is 21.5 Å². The quantitative estimate of drug-likeness (QED) is 0.485. The lowest BCUT2D eigenvalue weighted by molar-refractivity contribution is -0.113. The van der Waals surface area contributed by atoms with Gasteiger partial charge < -0.3 is 14.6 Å². The third kappa shape index (κ3) is 4.41. The van der Waals surface area contributed by atoms with Gasteiger partial charge in [0.15, 0.2) is 5.16 Å². The highest BCUT2D eigenvalue weighted by molar-refractivity contribution is 7.99. The largest absolute Gasteiger partial charge is 0.462 e. The van der Waals surface area contributed by atoms with Crippen LogP contribution in [0.3, 0.4) is 0 Å². The van der Waals surface area contributed by atoms with E-state index in [9.17, 15) is 9.59 Å². The van der Waals surface area contributed by atoms with Crippen molar-refractivity contribution in [2.75, 3.05) is 17.7 Å². The third-order valence-electron chi connectivity index (χ3n) is 4.63. The molecular formula is C19H26N4O3S2. The number of nitrogens with one attached hydrogen (secondary N) is 1. The van der Waals surface area contributed by atoms with E-state index in [1.807, 2.05) is 13.8 Å². The fourth-order valence-corrected chi connectivity index (χ4v) is 5.11. The molecule has 3 rings (SSSR count). The molecule has 28 heavy (non-hydrogen) atoms. The number of esters is 1. The highest BCUT2D eigenvalue weighted by atomic mass is 32.2. The Hall–Kier alpha value is -1.87. The predicted molar refractivity (Wildman–Crippen MR) is 111 cm³/mol. The number of amides is 1. The molecule has 0 aliphatic heterocycles. The van der Waals surface area contributed by atoms with Gasteiger partial charge in [0.05, 0.1) is 17.9 Å². The van der Waals surface area contributed by atoms with Crippen LogP contribution in [-0.4, -0.2) is 39.0 Å². The van der Waals surface area contributed by atoms with Gasteiger partial charge in [-0.2, -0.15) is 0 Å². The van der Waals surface area contributed by atoms with Crippen molar-refractivity contribution >= 4 is 40.0 Å². The van der Waals surface area contributed by atoms with Crippen LogP contribution in [0.25, 0.3) is 0 Å². The van der Waals surface area contributed by atoms with Gasteiger partial charge in [-0.05, 0) is 45.6 Å². The molecular weight excluding hydrogens is 396 g/mol. The fraction of sp³-hybridized carbons (Fsp3) is 0.579. The van der Waals surface area contributed by atoms with Gasteiger partial charge in [0.2, 0.25) is 5.91 Å². The maximum absolute atomic E-state index is 12.5. The SMILES string of the molecule is CCOC(=O)c1c(NC(=O)CSc2nnc(C3CC3)n2CC)sc(C)c1CC. The normalized spacial score (nSPS) is 13.6. The summed E-state index contributed by atoms with van der Waals surface area (Å²) >= 11 is 2.79. The van der Waals surface area contributed by atoms with Crippen LogP contribution in [0, 0.1) is 6.92 Å². The first-order chi connectivity index (χ1) is 13.5. The van der Waals surface area contributed by atoms with E-state index in [1.165, 1.54) is 23.1 Å². The van der Waals surface area contributed by atoms with Crippen molar-refractivity contribution in [1.82, 2.24) is 14.8 Å². The van der Waals surface area contributed by atoms with Crippen LogP contribution in [0.15, 0.2) is 5.16 Å². The molecule has 0 saturated heterocycles. The van der Waals surface area contributed by atoms with Crippen LogP contribution in [0.2, 0.25) is 0 Å². The molecule has 2 aromatic heterocycles. The Morgan fingerprint density at radius 3 is 2.64 bits per heavy atom. The van der Waals surface area contributed by atoms with Gasteiger partial charge in [0.1, 0.15) is 10.8 Å². The first-order valence-corrected chi connectivity index (χ1v) is 11.4. The van der Waals surface area contributed by atoms with Gasteiger partial charge in [0, 0.05) is 17.3 Å². The molecule has 1 saturated carbocycles. The molecule has 9 heteroatoms. The molecule has 2 aromatic rings. The van der Waals surface area contributed by atoms with E-state index in [4.69, 9.17) is 4.74 Å². The summed E-state index contributed by atoms with van der Waals surface area (Å²) in [6, 6.07) is 0. The molecule has 0 unspecified atom stereocenters. The van der Waals surface area contributed by atoms with Gasteiger partial charge in [-0.25, -0.2) is 4.79 Å². The minimum Gasteiger partial charge on any atom is -0.462 e. The molecule has 1 N–H and O–H groups in total. The number of ether oxygens (including phenoxy) is 1. The molecule has 0 atom stereocenters. The van der Waals surface area contributed by atoms with Crippen molar-refractivity contribution in [1.29, 1.82) is 0 Å². The molecule has 1 aliphatic carbocycles. The average molecular weight is 423 g/mol. The van der Waals surface area contributed by atoms with Crippen molar-refractivity contribution in [3.05, 3.63) is 21.8 Å². The second-order valence-electron chi connectivity index (χ2n) is 6.61. The van der Waals surface area contributed by atoms with E-state index < -0.39 is 0 Å². The molecule has 0 bridgehead atoms. The van der Waals surface area contributed by atoms with Crippen LogP contribution >= 0.6 is 23.1 Å². The maximum Gasteiger partial charge on any atom is 0.341 e. The highest BCUT2D eigenvalue weighted by Gasteiger charge is 2.30. The van der Waals surface area contributed by atoms with Crippen molar-refractivity contribution in [2.45, 2.75) is 64.6 Å². The van der Waals surface area contributed by atoms with Crippen molar-refractivity contribution in [3.63, 3.8) is 0 Å². The van der Waals surface area contributed by atoms with Crippen LogP contribution in [-0.2, 0) is 22.5 Å². The van der Waals surface area contributed by atoms with Gasteiger partial charge >= 0.3 is 5.97 Å². The first-order valence-electron chi connectivity index (χ1n) is 9.65. The smallest absolute Gasteiger partial charge is 0.341 e. The molecule has 1 fully saturated rings. The summed E-state index contributed by atoms with van der Waals surface area (Å²) in [7, 11) is 0. The number of nitrogens with zero attached hydrogens (tertiary/aromatic N) is 3. The van der Waals surface area contributed by atoms with Gasteiger partial charge in [0.25, 0.3) is 0 Å². The molecule has 0 radical (unpaired) electrons. The van der Waals surface area contributed by atoms with Gasteiger partial charge in [-0.3, -0.25) is 4.79 Å². The summed E-state index contributed by atoms with van der Waals surface area (Å²) in [5, 5.41) is 12.8. The molecule has 152 valence electrons. The monoisotopic (exact) mass is 422 g/mol. The summed E-state index contributed by atoms with van der Waals surface area (Å²) in [5.74, 6) is 1.20. The second kappa shape index (κ2) is 9.09. The Balaban J connectivity index is 1.69. The number of aryl methyl sites for hydroxylation is 1. The van der Waals surface area contributed by atoms with E-state index in [0.29, 0.717) is 29.5 Å². The number of hydrogen-bond acceptors (Lipinski definition) is 7. The zero-order valence-corrected chi connectivity index (χ0v) is 18.3. The number of aromatic nitrogens is 3. The Morgan fingerprint density at radius 1 is 1.29 bits per heavy atom. The second-order valence-corrected chi connectivity index (χ2v) is 8.78. The zero-order chi connectivity index (χ0) is 20.3. The van der Waals surface area contributed by atoms with Crippen molar-refractivity contribution in [2.24, 2.45) is 0 Å². The molecule has 1 aliphatic rings. The highest BCUT2D eigenvalue weighted by Crippen LogP contribution is 2.40. The fourth-order valence-electron chi connectivity index (χ4n) is 3.15. The topological polar surface area (TPSA) is 86.1 Å². The number of carbonyl (C=O) groups is 2. The summed E-state index contributed by atoms with van der Waals surface area (Å²) in [5.41, 5.74) is 1.42. The van der Waals surface area contributed by atoms with E-state index in [2.05, 4.69) is 27.0 Å².